The number of thiocarbonyl (C=S) groups is 1. The largest absolute Gasteiger partial charge is 0.480 e. The number of rotatable bonds is 5. The molecule has 1 aromatic rings. The molecule has 0 aliphatic heterocycles. The lowest BCUT2D eigenvalue weighted by atomic mass is 10.1. The van der Waals surface area contributed by atoms with Crippen molar-refractivity contribution in [2.75, 3.05) is 0 Å². The molecule has 0 aliphatic carbocycles. The molecule has 0 fully saturated rings. The number of hydrogen-bond donors (Lipinski definition) is 1. The summed E-state index contributed by atoms with van der Waals surface area (Å²) in [6, 6.07) is 9.53. The van der Waals surface area contributed by atoms with Crippen LogP contribution in [0.4, 0.5) is 0 Å². The summed E-state index contributed by atoms with van der Waals surface area (Å²) in [7, 11) is 0. The monoisotopic (exact) mass is 268 g/mol. The van der Waals surface area contributed by atoms with Crippen molar-refractivity contribution in [2.45, 2.75) is 31.4 Å². The van der Waals surface area contributed by atoms with Gasteiger partial charge < -0.3 is 5.11 Å². The van der Waals surface area contributed by atoms with Gasteiger partial charge in [-0.3, -0.25) is 4.79 Å². The van der Waals surface area contributed by atoms with Crippen molar-refractivity contribution >= 4 is 34.1 Å². The van der Waals surface area contributed by atoms with Crippen LogP contribution in [0.3, 0.4) is 0 Å². The Morgan fingerprint density at radius 3 is 2.47 bits per heavy atom. The fourth-order valence-electron chi connectivity index (χ4n) is 1.52. The highest BCUT2D eigenvalue weighted by molar-refractivity contribution is 8.25. The van der Waals surface area contributed by atoms with Gasteiger partial charge in [-0.25, -0.2) is 0 Å². The van der Waals surface area contributed by atoms with Crippen LogP contribution in [0.2, 0.25) is 0 Å². The zero-order valence-electron chi connectivity index (χ0n) is 9.97. The molecule has 0 saturated carbocycles. The second kappa shape index (κ2) is 6.17. The minimum Gasteiger partial charge on any atom is -0.480 e. The van der Waals surface area contributed by atoms with E-state index in [9.17, 15) is 9.90 Å². The third-order valence-corrected chi connectivity index (χ3v) is 4.24. The van der Waals surface area contributed by atoms with Crippen LogP contribution >= 0.6 is 24.0 Å². The van der Waals surface area contributed by atoms with Gasteiger partial charge in [-0.15, -0.1) is 0 Å². The number of carboxylic acids is 1. The van der Waals surface area contributed by atoms with Gasteiger partial charge in [-0.05, 0) is 18.9 Å². The lowest BCUT2D eigenvalue weighted by molar-refractivity contribution is -0.139. The van der Waals surface area contributed by atoms with E-state index >= 15 is 0 Å². The van der Waals surface area contributed by atoms with Gasteiger partial charge >= 0.3 is 5.97 Å². The number of hydrogen-bond acceptors (Lipinski definition) is 3. The summed E-state index contributed by atoms with van der Waals surface area (Å²) in [6.07, 6.45) is 1.44. The minimum atomic E-state index is -0.832. The maximum absolute atomic E-state index is 11.3. The second-order valence-corrected chi connectivity index (χ2v) is 6.22. The van der Waals surface area contributed by atoms with E-state index in [0.29, 0.717) is 10.6 Å². The van der Waals surface area contributed by atoms with Crippen LogP contribution in [0.25, 0.3) is 0 Å². The van der Waals surface area contributed by atoms with E-state index in [4.69, 9.17) is 12.2 Å². The Hall–Kier alpha value is -0.870. The van der Waals surface area contributed by atoms with E-state index < -0.39 is 10.7 Å². The molecule has 1 aromatic carbocycles. The second-order valence-electron chi connectivity index (χ2n) is 4.04. The summed E-state index contributed by atoms with van der Waals surface area (Å²) >= 11 is 6.57. The van der Waals surface area contributed by atoms with Crippen molar-refractivity contribution in [1.82, 2.24) is 0 Å². The third kappa shape index (κ3) is 3.82. The Balaban J connectivity index is 2.82. The standard InChI is InChI=1S/C13H16O2S2/c1-3-9-13(2,12(14)15)17-11(16)10-7-5-4-6-8-10/h4-8H,3,9H2,1-2H3,(H,14,15). The molecule has 4 heteroatoms. The summed E-state index contributed by atoms with van der Waals surface area (Å²) < 4.78 is -0.189. The van der Waals surface area contributed by atoms with Gasteiger partial charge in [-0.1, -0.05) is 67.7 Å². The molecule has 0 aliphatic rings. The maximum atomic E-state index is 11.3. The quantitative estimate of drug-likeness (QED) is 0.825. The molecule has 0 spiro atoms. The van der Waals surface area contributed by atoms with Crippen LogP contribution in [0.1, 0.15) is 32.3 Å². The van der Waals surface area contributed by atoms with Crippen LogP contribution in [-0.4, -0.2) is 20.0 Å². The van der Waals surface area contributed by atoms with Crippen molar-refractivity contribution < 1.29 is 9.90 Å². The van der Waals surface area contributed by atoms with Gasteiger partial charge in [0.25, 0.3) is 0 Å². The van der Waals surface area contributed by atoms with Crippen molar-refractivity contribution in [3.8, 4) is 0 Å². The lowest BCUT2D eigenvalue weighted by Gasteiger charge is -2.23. The zero-order valence-corrected chi connectivity index (χ0v) is 11.6. The highest BCUT2D eigenvalue weighted by Crippen LogP contribution is 2.33. The summed E-state index contributed by atoms with van der Waals surface area (Å²) in [5, 5.41) is 9.28. The lowest BCUT2D eigenvalue weighted by Crippen LogP contribution is -2.32. The normalized spacial score (nSPS) is 14.0. The Labute approximate surface area is 111 Å². The molecule has 2 nitrogen and oxygen atoms in total. The molecule has 1 rings (SSSR count). The molecule has 1 atom stereocenters. The van der Waals surface area contributed by atoms with E-state index in [1.165, 1.54) is 11.8 Å². The van der Waals surface area contributed by atoms with Crippen molar-refractivity contribution in [3.63, 3.8) is 0 Å². The van der Waals surface area contributed by atoms with Gasteiger partial charge in [0.1, 0.15) is 4.75 Å². The predicted octanol–water partition coefficient (Wildman–Crippen LogP) is 3.74. The average Bonchev–Trinajstić information content (AvgIpc) is 2.30. The summed E-state index contributed by atoms with van der Waals surface area (Å²) in [6.45, 7) is 3.71. The Bertz CT molecular complexity index is 403. The van der Waals surface area contributed by atoms with Crippen LogP contribution in [0, 0.1) is 0 Å². The molecule has 0 saturated heterocycles. The first-order valence-electron chi connectivity index (χ1n) is 5.51. The molecule has 0 heterocycles. The van der Waals surface area contributed by atoms with Crippen LogP contribution in [0.15, 0.2) is 30.3 Å². The van der Waals surface area contributed by atoms with Gasteiger partial charge in [0.15, 0.2) is 0 Å². The number of benzene rings is 1. The molecule has 0 amide bonds. The predicted molar refractivity (Wildman–Crippen MR) is 76.7 cm³/mol. The molecule has 0 bridgehead atoms. The SMILES string of the molecule is CCCC(C)(SC(=S)c1ccccc1)C(=O)O. The Morgan fingerprint density at radius 2 is 2.00 bits per heavy atom. The summed E-state index contributed by atoms with van der Waals surface area (Å²) in [5.74, 6) is -0.803. The van der Waals surface area contributed by atoms with Gasteiger partial charge in [0.2, 0.25) is 0 Å². The van der Waals surface area contributed by atoms with E-state index in [0.717, 1.165) is 12.0 Å². The molecular weight excluding hydrogens is 252 g/mol. The van der Waals surface area contributed by atoms with Crippen molar-refractivity contribution in [1.29, 1.82) is 0 Å². The molecule has 92 valence electrons. The van der Waals surface area contributed by atoms with Crippen molar-refractivity contribution in [3.05, 3.63) is 35.9 Å². The van der Waals surface area contributed by atoms with Crippen LogP contribution in [0.5, 0.6) is 0 Å². The van der Waals surface area contributed by atoms with Crippen LogP contribution in [-0.2, 0) is 4.79 Å². The van der Waals surface area contributed by atoms with Crippen molar-refractivity contribution in [2.24, 2.45) is 0 Å². The van der Waals surface area contributed by atoms with E-state index in [1.54, 1.807) is 6.92 Å². The topological polar surface area (TPSA) is 37.3 Å². The number of carbonyl (C=O) groups is 1. The summed E-state index contributed by atoms with van der Waals surface area (Å²) in [4.78, 5) is 11.3. The molecule has 0 aromatic heterocycles. The smallest absolute Gasteiger partial charge is 0.319 e. The first-order chi connectivity index (χ1) is 7.99. The highest BCUT2D eigenvalue weighted by Gasteiger charge is 2.34. The van der Waals surface area contributed by atoms with Gasteiger partial charge in [-0.2, -0.15) is 0 Å². The number of carboxylic acid groups (broad SMARTS) is 1. The van der Waals surface area contributed by atoms with Gasteiger partial charge in [0.05, 0.1) is 4.20 Å². The fourth-order valence-corrected chi connectivity index (χ4v) is 3.26. The van der Waals surface area contributed by atoms with E-state index in [2.05, 4.69) is 0 Å². The number of thioether (sulfide) groups is 1. The third-order valence-electron chi connectivity index (χ3n) is 2.51. The zero-order chi connectivity index (χ0) is 12.9. The van der Waals surface area contributed by atoms with E-state index in [-0.39, 0.29) is 0 Å². The molecule has 0 radical (unpaired) electrons. The molecule has 1 N–H and O–H groups in total. The number of aliphatic carboxylic acids is 1. The highest BCUT2D eigenvalue weighted by atomic mass is 32.2. The molecule has 1 unspecified atom stereocenters. The fraction of sp³-hybridized carbons (Fsp3) is 0.385. The minimum absolute atomic E-state index is 0.611. The van der Waals surface area contributed by atoms with Crippen LogP contribution < -0.4 is 0 Å². The average molecular weight is 268 g/mol. The Kier molecular flexibility index (Phi) is 5.15. The Morgan fingerprint density at radius 1 is 1.41 bits per heavy atom. The first kappa shape index (κ1) is 14.2. The molecular formula is C13H16O2S2. The first-order valence-corrected chi connectivity index (χ1v) is 6.74. The van der Waals surface area contributed by atoms with Gasteiger partial charge in [0, 0.05) is 0 Å². The van der Waals surface area contributed by atoms with E-state index in [1.807, 2.05) is 37.3 Å². The maximum Gasteiger partial charge on any atom is 0.319 e. The summed E-state index contributed by atoms with van der Waals surface area (Å²) in [5.41, 5.74) is 0.913. The molecule has 17 heavy (non-hydrogen) atoms.